The summed E-state index contributed by atoms with van der Waals surface area (Å²) in [5, 5.41) is 3.13. The fourth-order valence-electron chi connectivity index (χ4n) is 1.89. The van der Waals surface area contributed by atoms with E-state index in [4.69, 9.17) is 4.74 Å². The predicted molar refractivity (Wildman–Crippen MR) is 77.9 cm³/mol. The summed E-state index contributed by atoms with van der Waals surface area (Å²) in [6.45, 7) is 4.04. The molecule has 1 aromatic carbocycles. The normalized spacial score (nSPS) is 10.5. The van der Waals surface area contributed by atoms with Crippen molar-refractivity contribution in [1.29, 1.82) is 0 Å². The van der Waals surface area contributed by atoms with Crippen molar-refractivity contribution in [3.05, 3.63) is 59.5 Å². The number of rotatable bonds is 7. The molecule has 1 N–H and O–H groups in total. The highest BCUT2D eigenvalue weighted by molar-refractivity contribution is 5.37. The van der Waals surface area contributed by atoms with E-state index in [1.807, 2.05) is 24.3 Å². The van der Waals surface area contributed by atoms with Gasteiger partial charge in [-0.05, 0) is 29.7 Å². The second kappa shape index (κ2) is 7.60. The lowest BCUT2D eigenvalue weighted by Gasteiger charge is -2.11. The van der Waals surface area contributed by atoms with Gasteiger partial charge in [0.2, 0.25) is 5.95 Å². The summed E-state index contributed by atoms with van der Waals surface area (Å²) < 4.78 is 18.6. The van der Waals surface area contributed by atoms with Gasteiger partial charge in [-0.3, -0.25) is 0 Å². The zero-order valence-corrected chi connectivity index (χ0v) is 11.6. The Hall–Kier alpha value is -1.94. The topological polar surface area (TPSA) is 34.1 Å². The Morgan fingerprint density at radius 3 is 2.65 bits per heavy atom. The fourth-order valence-corrected chi connectivity index (χ4v) is 1.89. The van der Waals surface area contributed by atoms with E-state index in [2.05, 4.69) is 17.2 Å². The second-order valence-electron chi connectivity index (χ2n) is 4.52. The molecule has 0 aliphatic heterocycles. The van der Waals surface area contributed by atoms with Crippen LogP contribution in [-0.2, 0) is 17.9 Å². The van der Waals surface area contributed by atoms with Gasteiger partial charge in [0.25, 0.3) is 0 Å². The van der Waals surface area contributed by atoms with Crippen LogP contribution in [0.4, 0.5) is 10.2 Å². The Balaban J connectivity index is 1.98. The minimum Gasteiger partial charge on any atom is -0.377 e. The smallest absolute Gasteiger partial charge is 0.214 e. The number of halogens is 1. The highest BCUT2D eigenvalue weighted by Crippen LogP contribution is 2.13. The molecule has 106 valence electrons. The summed E-state index contributed by atoms with van der Waals surface area (Å²) in [6, 6.07) is 12.8. The van der Waals surface area contributed by atoms with E-state index in [0.717, 1.165) is 24.2 Å². The lowest BCUT2D eigenvalue weighted by atomic mass is 10.1. The lowest BCUT2D eigenvalue weighted by Crippen LogP contribution is -2.06. The fraction of sp³-hybridized carbons (Fsp3) is 0.312. The van der Waals surface area contributed by atoms with Crippen LogP contribution < -0.4 is 5.32 Å². The van der Waals surface area contributed by atoms with Crippen molar-refractivity contribution < 1.29 is 9.13 Å². The molecular weight excluding hydrogens is 255 g/mol. The summed E-state index contributed by atoms with van der Waals surface area (Å²) >= 11 is 0. The Labute approximate surface area is 118 Å². The van der Waals surface area contributed by atoms with Gasteiger partial charge in [-0.1, -0.05) is 37.3 Å². The molecule has 2 rings (SSSR count). The van der Waals surface area contributed by atoms with Crippen LogP contribution in [0, 0.1) is 5.95 Å². The molecule has 0 saturated heterocycles. The van der Waals surface area contributed by atoms with Crippen molar-refractivity contribution in [2.45, 2.75) is 26.5 Å². The molecule has 0 aliphatic rings. The van der Waals surface area contributed by atoms with Gasteiger partial charge < -0.3 is 10.1 Å². The summed E-state index contributed by atoms with van der Waals surface area (Å²) in [7, 11) is 0. The summed E-state index contributed by atoms with van der Waals surface area (Å²) in [5.41, 5.74) is 2.28. The van der Waals surface area contributed by atoms with E-state index in [9.17, 15) is 4.39 Å². The minimum absolute atomic E-state index is 0.477. The molecule has 20 heavy (non-hydrogen) atoms. The first-order valence-electron chi connectivity index (χ1n) is 6.80. The number of anilines is 1. The van der Waals surface area contributed by atoms with Crippen LogP contribution in [0.2, 0.25) is 0 Å². The second-order valence-corrected chi connectivity index (χ2v) is 4.52. The third-order valence-corrected chi connectivity index (χ3v) is 2.90. The third kappa shape index (κ3) is 4.31. The van der Waals surface area contributed by atoms with Crippen LogP contribution in [0.5, 0.6) is 0 Å². The van der Waals surface area contributed by atoms with Gasteiger partial charge in [0.05, 0.1) is 6.61 Å². The van der Waals surface area contributed by atoms with Crippen LogP contribution in [0.15, 0.2) is 42.5 Å². The van der Waals surface area contributed by atoms with Gasteiger partial charge in [0, 0.05) is 13.2 Å². The molecule has 0 atom stereocenters. The SMILES string of the molecule is CCCOCc1ccccc1CNc1cccc(F)n1. The summed E-state index contributed by atoms with van der Waals surface area (Å²) in [6.07, 6.45) is 1.01. The molecule has 0 radical (unpaired) electrons. The summed E-state index contributed by atoms with van der Waals surface area (Å²) in [4.78, 5) is 3.78. The average Bonchev–Trinajstić information content (AvgIpc) is 2.47. The molecule has 0 fully saturated rings. The zero-order chi connectivity index (χ0) is 14.2. The molecule has 0 aliphatic carbocycles. The number of hydrogen-bond acceptors (Lipinski definition) is 3. The Bertz CT molecular complexity index is 546. The highest BCUT2D eigenvalue weighted by Gasteiger charge is 2.03. The maximum absolute atomic E-state index is 13.0. The number of hydrogen-bond donors (Lipinski definition) is 1. The van der Waals surface area contributed by atoms with Crippen molar-refractivity contribution in [1.82, 2.24) is 4.98 Å². The van der Waals surface area contributed by atoms with E-state index >= 15 is 0 Å². The molecule has 4 heteroatoms. The van der Waals surface area contributed by atoms with Gasteiger partial charge in [-0.15, -0.1) is 0 Å². The van der Waals surface area contributed by atoms with Crippen molar-refractivity contribution in [2.24, 2.45) is 0 Å². The third-order valence-electron chi connectivity index (χ3n) is 2.90. The van der Waals surface area contributed by atoms with Crippen LogP contribution in [0.1, 0.15) is 24.5 Å². The van der Waals surface area contributed by atoms with Crippen LogP contribution in [-0.4, -0.2) is 11.6 Å². The lowest BCUT2D eigenvalue weighted by molar-refractivity contribution is 0.121. The number of nitrogens with zero attached hydrogens (tertiary/aromatic N) is 1. The molecule has 2 aromatic rings. The molecule has 0 saturated carbocycles. The first kappa shape index (κ1) is 14.5. The summed E-state index contributed by atoms with van der Waals surface area (Å²) in [5.74, 6) is 0.0591. The van der Waals surface area contributed by atoms with Gasteiger partial charge in [-0.2, -0.15) is 4.39 Å². The average molecular weight is 274 g/mol. The molecule has 1 aromatic heterocycles. The van der Waals surface area contributed by atoms with E-state index in [1.165, 1.54) is 6.07 Å². The maximum atomic E-state index is 13.0. The minimum atomic E-state index is -0.477. The number of ether oxygens (including phenoxy) is 1. The van der Waals surface area contributed by atoms with Gasteiger partial charge in [0.1, 0.15) is 5.82 Å². The monoisotopic (exact) mass is 274 g/mol. The number of benzene rings is 1. The standard InChI is InChI=1S/C16H19FN2O/c1-2-10-20-12-14-7-4-3-6-13(14)11-18-16-9-5-8-15(17)19-16/h3-9H,2,10-12H2,1H3,(H,18,19). The van der Waals surface area contributed by atoms with E-state index < -0.39 is 5.95 Å². The van der Waals surface area contributed by atoms with Crippen molar-refractivity contribution >= 4 is 5.82 Å². The van der Waals surface area contributed by atoms with Crippen LogP contribution in [0.3, 0.4) is 0 Å². The van der Waals surface area contributed by atoms with Crippen LogP contribution in [0.25, 0.3) is 0 Å². The molecule has 3 nitrogen and oxygen atoms in total. The highest BCUT2D eigenvalue weighted by atomic mass is 19.1. The van der Waals surface area contributed by atoms with Crippen LogP contribution >= 0.6 is 0 Å². The molecule has 0 spiro atoms. The molecule has 1 heterocycles. The maximum Gasteiger partial charge on any atom is 0.214 e. The molecule has 0 bridgehead atoms. The van der Waals surface area contributed by atoms with E-state index in [1.54, 1.807) is 12.1 Å². The van der Waals surface area contributed by atoms with E-state index in [0.29, 0.717) is 19.0 Å². The van der Waals surface area contributed by atoms with Crippen molar-refractivity contribution in [2.75, 3.05) is 11.9 Å². The van der Waals surface area contributed by atoms with Gasteiger partial charge in [-0.25, -0.2) is 4.98 Å². The van der Waals surface area contributed by atoms with Gasteiger partial charge in [0.15, 0.2) is 0 Å². The number of pyridine rings is 1. The van der Waals surface area contributed by atoms with E-state index in [-0.39, 0.29) is 0 Å². The zero-order valence-electron chi connectivity index (χ0n) is 11.6. The Morgan fingerprint density at radius 1 is 1.10 bits per heavy atom. The Morgan fingerprint density at radius 2 is 1.90 bits per heavy atom. The largest absolute Gasteiger partial charge is 0.377 e. The first-order chi connectivity index (χ1) is 9.79. The molecule has 0 amide bonds. The number of aromatic nitrogens is 1. The first-order valence-corrected chi connectivity index (χ1v) is 6.80. The van der Waals surface area contributed by atoms with Crippen molar-refractivity contribution in [3.8, 4) is 0 Å². The predicted octanol–water partition coefficient (Wildman–Crippen LogP) is 3.76. The molecule has 0 unspecified atom stereocenters. The quantitative estimate of drug-likeness (QED) is 0.616. The molecular formula is C16H19FN2O. The van der Waals surface area contributed by atoms with Crippen molar-refractivity contribution in [3.63, 3.8) is 0 Å². The van der Waals surface area contributed by atoms with Gasteiger partial charge >= 0.3 is 0 Å². The number of nitrogens with one attached hydrogen (secondary N) is 1. The Kier molecular flexibility index (Phi) is 5.50.